The van der Waals surface area contributed by atoms with Crippen LogP contribution in [0.5, 0.6) is 0 Å². The molecule has 3 aliphatic carbocycles. The van der Waals surface area contributed by atoms with Gasteiger partial charge in [0.25, 0.3) is 5.56 Å². The van der Waals surface area contributed by atoms with Gasteiger partial charge in [0.1, 0.15) is 11.6 Å². The number of nitrogens with zero attached hydrogens (tertiary/aromatic N) is 6. The molecule has 5 atom stereocenters. The molecule has 2 bridgehead atoms. The lowest BCUT2D eigenvalue weighted by atomic mass is 9.45. The van der Waals surface area contributed by atoms with Gasteiger partial charge >= 0.3 is 0 Å². The molecule has 3 aromatic rings. The molecule has 2 saturated heterocycles. The van der Waals surface area contributed by atoms with Crippen molar-refractivity contribution < 1.29 is 4.39 Å². The standard InChI is InChI=1S/C38H53FN8O/c1-25-23-46(15-13-40-25)37(43-33-21-28-20-32(26(33)2)38(28,3)4)41-30-10-11-31-34(22-30)42-35(24-45-18-16-44(5)17-19-45)47(36(31)48)14-12-27-6-8-29(39)9-7-27/h6-11,22,25-26,28,32-33,40H,12-21,23-24H2,1-5H3,(H,41,43)/t25-,26-,28+,32-,33-/m0/s1. The second-order valence-electron chi connectivity index (χ2n) is 15.6. The van der Waals surface area contributed by atoms with Crippen LogP contribution in [0.1, 0.15) is 51.9 Å². The third kappa shape index (κ3) is 6.76. The van der Waals surface area contributed by atoms with E-state index in [1.807, 2.05) is 22.8 Å². The number of halogens is 1. The zero-order chi connectivity index (χ0) is 33.6. The van der Waals surface area contributed by atoms with Crippen LogP contribution in [0.3, 0.4) is 0 Å². The first-order valence-electron chi connectivity index (χ1n) is 18.1. The van der Waals surface area contributed by atoms with Crippen LogP contribution in [-0.4, -0.2) is 95.2 Å². The lowest BCUT2D eigenvalue weighted by Gasteiger charge is -2.61. The zero-order valence-corrected chi connectivity index (χ0v) is 29.4. The van der Waals surface area contributed by atoms with Crippen LogP contribution >= 0.6 is 0 Å². The van der Waals surface area contributed by atoms with E-state index in [0.717, 1.165) is 87.1 Å². The Kier molecular flexibility index (Phi) is 9.34. The maximum atomic E-state index is 14.1. The summed E-state index contributed by atoms with van der Waals surface area (Å²) in [5.41, 5.74) is 2.99. The maximum Gasteiger partial charge on any atom is 0.261 e. The second kappa shape index (κ2) is 13.5. The van der Waals surface area contributed by atoms with Crippen molar-refractivity contribution in [2.75, 3.05) is 58.2 Å². The van der Waals surface area contributed by atoms with E-state index in [1.54, 1.807) is 12.1 Å². The first kappa shape index (κ1) is 33.2. The van der Waals surface area contributed by atoms with Crippen molar-refractivity contribution in [3.05, 3.63) is 70.0 Å². The van der Waals surface area contributed by atoms with E-state index >= 15 is 0 Å². The van der Waals surface area contributed by atoms with Crippen LogP contribution in [0.25, 0.3) is 10.9 Å². The Labute approximate surface area is 284 Å². The molecule has 5 fully saturated rings. The van der Waals surface area contributed by atoms with Gasteiger partial charge in [0.05, 0.1) is 23.5 Å². The smallest absolute Gasteiger partial charge is 0.261 e. The number of likely N-dealkylation sites (N-methyl/N-ethyl adjacent to an activating group) is 1. The number of aliphatic imine (C=N–C) groups is 1. The van der Waals surface area contributed by atoms with Crippen molar-refractivity contribution in [1.29, 1.82) is 0 Å². The minimum absolute atomic E-state index is 0.0273. The Balaban J connectivity index is 1.20. The summed E-state index contributed by atoms with van der Waals surface area (Å²) in [6, 6.07) is 13.2. The molecule has 2 N–H and O–H groups in total. The van der Waals surface area contributed by atoms with Crippen molar-refractivity contribution in [2.24, 2.45) is 28.2 Å². The van der Waals surface area contributed by atoms with Crippen LogP contribution in [0.15, 0.2) is 52.3 Å². The first-order valence-corrected chi connectivity index (χ1v) is 18.1. The number of fused-ring (bicyclic) bond motifs is 3. The highest BCUT2D eigenvalue weighted by Crippen LogP contribution is 2.61. The van der Waals surface area contributed by atoms with Gasteiger partial charge in [-0.05, 0) is 92.3 Å². The molecule has 258 valence electrons. The van der Waals surface area contributed by atoms with Gasteiger partial charge in [-0.2, -0.15) is 0 Å². The van der Waals surface area contributed by atoms with Crippen molar-refractivity contribution in [3.8, 4) is 0 Å². The van der Waals surface area contributed by atoms with Gasteiger partial charge < -0.3 is 20.4 Å². The number of nitrogens with one attached hydrogen (secondary N) is 2. The summed E-state index contributed by atoms with van der Waals surface area (Å²) < 4.78 is 15.4. The van der Waals surface area contributed by atoms with Crippen molar-refractivity contribution in [2.45, 2.75) is 72.1 Å². The van der Waals surface area contributed by atoms with Gasteiger partial charge in [0.15, 0.2) is 5.96 Å². The molecule has 5 aliphatic rings. The number of hydrogen-bond donors (Lipinski definition) is 2. The van der Waals surface area contributed by atoms with E-state index in [1.165, 1.54) is 18.6 Å². The van der Waals surface area contributed by atoms with Gasteiger partial charge in [-0.15, -0.1) is 0 Å². The van der Waals surface area contributed by atoms with Gasteiger partial charge in [-0.3, -0.25) is 14.3 Å². The Morgan fingerprint density at radius 3 is 2.54 bits per heavy atom. The molecule has 2 aliphatic heterocycles. The largest absolute Gasteiger partial charge is 0.340 e. The Hall–Kier alpha value is -3.34. The summed E-state index contributed by atoms with van der Waals surface area (Å²) in [5.74, 6) is 3.47. The van der Waals surface area contributed by atoms with Gasteiger partial charge in [-0.25, -0.2) is 14.4 Å². The number of piperazine rings is 2. The van der Waals surface area contributed by atoms with Crippen molar-refractivity contribution in [3.63, 3.8) is 0 Å². The molecule has 0 amide bonds. The number of aromatic nitrogens is 2. The van der Waals surface area contributed by atoms with E-state index in [0.29, 0.717) is 53.8 Å². The Morgan fingerprint density at radius 2 is 1.83 bits per heavy atom. The fourth-order valence-corrected chi connectivity index (χ4v) is 8.69. The Bertz CT molecular complexity index is 1700. The maximum absolute atomic E-state index is 14.1. The molecule has 10 heteroatoms. The minimum Gasteiger partial charge on any atom is -0.340 e. The lowest BCUT2D eigenvalue weighted by molar-refractivity contribution is -0.108. The second-order valence-corrected chi connectivity index (χ2v) is 15.6. The SMILES string of the molecule is C[C@@H]1[C@@H](N=C(Nc2ccc3c(=O)n(CCc4ccc(F)cc4)c(CN4CCN(C)CC4)nc3c2)N2CCN[C@@H](C)C2)C[C@H]2C[C@@H]1C2(C)C. The zero-order valence-electron chi connectivity index (χ0n) is 29.4. The molecule has 0 spiro atoms. The van der Waals surface area contributed by atoms with E-state index in [4.69, 9.17) is 9.98 Å². The molecule has 1 aromatic heterocycles. The molecule has 2 aromatic carbocycles. The summed E-state index contributed by atoms with van der Waals surface area (Å²) in [5, 5.41) is 7.91. The predicted octanol–water partition coefficient (Wildman–Crippen LogP) is 4.66. The number of anilines is 1. The van der Waals surface area contributed by atoms with E-state index in [-0.39, 0.29) is 11.4 Å². The molecule has 3 heterocycles. The van der Waals surface area contributed by atoms with Crippen LogP contribution in [0.2, 0.25) is 0 Å². The first-order chi connectivity index (χ1) is 23.0. The molecule has 0 unspecified atom stereocenters. The highest BCUT2D eigenvalue weighted by atomic mass is 19.1. The molecule has 3 saturated carbocycles. The number of rotatable bonds is 7. The van der Waals surface area contributed by atoms with E-state index in [2.05, 4.69) is 60.1 Å². The third-order valence-corrected chi connectivity index (χ3v) is 12.1. The molecule has 8 rings (SSSR count). The minimum atomic E-state index is -0.253. The highest BCUT2D eigenvalue weighted by molar-refractivity contribution is 5.96. The third-order valence-electron chi connectivity index (χ3n) is 12.1. The number of aryl methyl sites for hydroxylation is 1. The fraction of sp³-hybridized carbons (Fsp3) is 0.605. The summed E-state index contributed by atoms with van der Waals surface area (Å²) in [7, 11) is 2.15. The fourth-order valence-electron chi connectivity index (χ4n) is 8.69. The lowest BCUT2D eigenvalue weighted by Crippen LogP contribution is -2.57. The highest BCUT2D eigenvalue weighted by Gasteiger charge is 2.56. The van der Waals surface area contributed by atoms with Crippen LogP contribution in [-0.2, 0) is 19.5 Å². The van der Waals surface area contributed by atoms with Gasteiger partial charge in [0.2, 0.25) is 0 Å². The van der Waals surface area contributed by atoms with Crippen LogP contribution in [0, 0.1) is 29.0 Å². The van der Waals surface area contributed by atoms with Gasteiger partial charge in [0, 0.05) is 64.1 Å². The predicted molar refractivity (Wildman–Crippen MR) is 192 cm³/mol. The monoisotopic (exact) mass is 656 g/mol. The molecular weight excluding hydrogens is 603 g/mol. The van der Waals surface area contributed by atoms with E-state index < -0.39 is 0 Å². The van der Waals surface area contributed by atoms with Crippen molar-refractivity contribution >= 4 is 22.5 Å². The molecule has 0 radical (unpaired) electrons. The Morgan fingerprint density at radius 1 is 1.06 bits per heavy atom. The number of benzene rings is 2. The topological polar surface area (TPSA) is 81.0 Å². The van der Waals surface area contributed by atoms with Crippen LogP contribution < -0.4 is 16.2 Å². The van der Waals surface area contributed by atoms with Crippen LogP contribution in [0.4, 0.5) is 10.1 Å². The average Bonchev–Trinajstić information content (AvgIpc) is 3.06. The molecule has 9 nitrogen and oxygen atoms in total. The quantitative estimate of drug-likeness (QED) is 0.283. The number of guanidine groups is 1. The summed E-state index contributed by atoms with van der Waals surface area (Å²) in [6.45, 7) is 17.2. The summed E-state index contributed by atoms with van der Waals surface area (Å²) in [4.78, 5) is 31.9. The van der Waals surface area contributed by atoms with E-state index in [9.17, 15) is 9.18 Å². The molecule has 48 heavy (non-hydrogen) atoms. The van der Waals surface area contributed by atoms with Crippen molar-refractivity contribution in [1.82, 2.24) is 29.6 Å². The van der Waals surface area contributed by atoms with Gasteiger partial charge in [-0.1, -0.05) is 32.9 Å². The summed E-state index contributed by atoms with van der Waals surface area (Å²) >= 11 is 0. The average molecular weight is 657 g/mol. The summed E-state index contributed by atoms with van der Waals surface area (Å²) in [6.07, 6.45) is 3.11. The molecular formula is C38H53FN8O. The number of hydrogen-bond acceptors (Lipinski definition) is 6. The normalized spacial score (nSPS) is 28.0.